The number of ether oxygens (including phenoxy) is 2. The quantitative estimate of drug-likeness (QED) is 0.830. The number of methoxy groups -OCH3 is 1. The molecule has 8 nitrogen and oxygen atoms in total. The summed E-state index contributed by atoms with van der Waals surface area (Å²) in [7, 11) is 1.30. The van der Waals surface area contributed by atoms with Gasteiger partial charge in [0, 0.05) is 0 Å². The van der Waals surface area contributed by atoms with Crippen molar-refractivity contribution in [3.63, 3.8) is 0 Å². The number of benzene rings is 1. The van der Waals surface area contributed by atoms with E-state index in [-0.39, 0.29) is 18.1 Å². The van der Waals surface area contributed by atoms with Crippen molar-refractivity contribution in [2.45, 2.75) is 6.92 Å². The number of nitrogens with two attached hydrogens (primary N) is 1. The molecule has 0 saturated heterocycles. The second-order valence-corrected chi connectivity index (χ2v) is 3.99. The highest BCUT2D eigenvalue weighted by Gasteiger charge is 2.19. The van der Waals surface area contributed by atoms with Crippen molar-refractivity contribution in [3.05, 3.63) is 35.5 Å². The first-order chi connectivity index (χ1) is 10.1. The summed E-state index contributed by atoms with van der Waals surface area (Å²) in [6.45, 7) is 1.91. The van der Waals surface area contributed by atoms with Crippen LogP contribution in [0.1, 0.15) is 27.8 Å². The molecule has 0 aliphatic heterocycles. The van der Waals surface area contributed by atoms with E-state index in [9.17, 15) is 9.59 Å². The molecule has 2 rings (SSSR count). The maximum atomic E-state index is 11.6. The van der Waals surface area contributed by atoms with Gasteiger partial charge in [-0.15, -0.1) is 5.10 Å². The molecule has 0 unspecified atom stereocenters. The minimum Gasteiger partial charge on any atom is -0.465 e. The summed E-state index contributed by atoms with van der Waals surface area (Å²) in [5.41, 5.74) is 6.74. The lowest BCUT2D eigenvalue weighted by Crippen LogP contribution is -2.09. The number of hydrogen-bond acceptors (Lipinski definition) is 7. The van der Waals surface area contributed by atoms with E-state index < -0.39 is 11.9 Å². The summed E-state index contributed by atoms with van der Waals surface area (Å²) >= 11 is 0. The maximum absolute atomic E-state index is 11.6. The molecule has 0 aliphatic carbocycles. The largest absolute Gasteiger partial charge is 0.465 e. The molecular formula is C13H14N4O4. The SMILES string of the molecule is CCOC(=O)c1nnn(-c2ccc(C(=O)OC)cc2)c1N. The maximum Gasteiger partial charge on any atom is 0.362 e. The third-order valence-corrected chi connectivity index (χ3v) is 2.71. The average Bonchev–Trinajstić information content (AvgIpc) is 2.88. The van der Waals surface area contributed by atoms with Crippen LogP contribution in [0.25, 0.3) is 5.69 Å². The number of anilines is 1. The van der Waals surface area contributed by atoms with Crippen LogP contribution in [-0.4, -0.2) is 40.6 Å². The number of nitrogens with zero attached hydrogens (tertiary/aromatic N) is 3. The second kappa shape index (κ2) is 6.04. The Bertz CT molecular complexity index is 663. The zero-order valence-electron chi connectivity index (χ0n) is 11.6. The Labute approximate surface area is 120 Å². The Hall–Kier alpha value is -2.90. The number of esters is 2. The lowest BCUT2D eigenvalue weighted by Gasteiger charge is -2.04. The van der Waals surface area contributed by atoms with E-state index in [2.05, 4.69) is 15.0 Å². The highest BCUT2D eigenvalue weighted by Crippen LogP contribution is 2.16. The van der Waals surface area contributed by atoms with Gasteiger partial charge in [-0.2, -0.15) is 4.68 Å². The third kappa shape index (κ3) is 2.83. The van der Waals surface area contributed by atoms with Gasteiger partial charge in [-0.05, 0) is 31.2 Å². The predicted octanol–water partition coefficient (Wildman–Crippen LogP) is 0.813. The molecule has 110 valence electrons. The molecule has 0 atom stereocenters. The summed E-state index contributed by atoms with van der Waals surface area (Å²) in [4.78, 5) is 23.0. The van der Waals surface area contributed by atoms with Crippen LogP contribution in [0.5, 0.6) is 0 Å². The first-order valence-corrected chi connectivity index (χ1v) is 6.15. The van der Waals surface area contributed by atoms with E-state index in [0.717, 1.165) is 0 Å². The monoisotopic (exact) mass is 290 g/mol. The number of rotatable bonds is 4. The molecule has 0 radical (unpaired) electrons. The lowest BCUT2D eigenvalue weighted by atomic mass is 10.2. The van der Waals surface area contributed by atoms with E-state index in [1.54, 1.807) is 31.2 Å². The van der Waals surface area contributed by atoms with Gasteiger partial charge in [0.15, 0.2) is 5.82 Å². The van der Waals surface area contributed by atoms with Gasteiger partial charge in [-0.3, -0.25) is 0 Å². The van der Waals surface area contributed by atoms with Crippen LogP contribution in [0, 0.1) is 0 Å². The average molecular weight is 290 g/mol. The van der Waals surface area contributed by atoms with Gasteiger partial charge in [-0.1, -0.05) is 5.21 Å². The normalized spacial score (nSPS) is 10.2. The summed E-state index contributed by atoms with van der Waals surface area (Å²) < 4.78 is 10.7. The molecule has 0 amide bonds. The summed E-state index contributed by atoms with van der Waals surface area (Å²) in [6.07, 6.45) is 0. The Morgan fingerprint density at radius 1 is 1.24 bits per heavy atom. The van der Waals surface area contributed by atoms with Gasteiger partial charge in [0.05, 0.1) is 25.0 Å². The molecule has 1 aromatic heterocycles. The first kappa shape index (κ1) is 14.5. The Kier molecular flexibility index (Phi) is 4.17. The van der Waals surface area contributed by atoms with Crippen molar-refractivity contribution in [2.75, 3.05) is 19.5 Å². The van der Waals surface area contributed by atoms with E-state index in [4.69, 9.17) is 10.5 Å². The molecule has 1 heterocycles. The van der Waals surface area contributed by atoms with Gasteiger partial charge in [0.1, 0.15) is 0 Å². The fourth-order valence-electron chi connectivity index (χ4n) is 1.68. The topological polar surface area (TPSA) is 109 Å². The van der Waals surface area contributed by atoms with Crippen molar-refractivity contribution in [2.24, 2.45) is 0 Å². The smallest absolute Gasteiger partial charge is 0.362 e. The number of nitrogen functional groups attached to an aromatic ring is 1. The second-order valence-electron chi connectivity index (χ2n) is 3.99. The third-order valence-electron chi connectivity index (χ3n) is 2.71. The first-order valence-electron chi connectivity index (χ1n) is 6.15. The molecule has 0 spiro atoms. The molecule has 0 bridgehead atoms. The standard InChI is InChI=1S/C13H14N4O4/c1-3-21-13(19)10-11(14)17(16-15-10)9-6-4-8(5-7-9)12(18)20-2/h4-7H,3,14H2,1-2H3. The molecule has 8 heteroatoms. The van der Waals surface area contributed by atoms with Gasteiger partial charge < -0.3 is 15.2 Å². The molecule has 2 aromatic rings. The Morgan fingerprint density at radius 3 is 2.48 bits per heavy atom. The van der Waals surface area contributed by atoms with Gasteiger partial charge >= 0.3 is 11.9 Å². The van der Waals surface area contributed by atoms with Crippen molar-refractivity contribution >= 4 is 17.8 Å². The van der Waals surface area contributed by atoms with Crippen LogP contribution in [0.4, 0.5) is 5.82 Å². The van der Waals surface area contributed by atoms with Crippen molar-refractivity contribution in [1.82, 2.24) is 15.0 Å². The molecule has 2 N–H and O–H groups in total. The Balaban J connectivity index is 2.31. The van der Waals surface area contributed by atoms with Crippen molar-refractivity contribution in [3.8, 4) is 5.69 Å². The number of carbonyl (C=O) groups is 2. The summed E-state index contributed by atoms with van der Waals surface area (Å²) in [5.74, 6) is -1.01. The highest BCUT2D eigenvalue weighted by atomic mass is 16.5. The van der Waals surface area contributed by atoms with Crippen LogP contribution in [0.3, 0.4) is 0 Å². The van der Waals surface area contributed by atoms with E-state index in [1.165, 1.54) is 11.8 Å². The summed E-state index contributed by atoms with van der Waals surface area (Å²) in [5, 5.41) is 7.51. The number of carbonyl (C=O) groups excluding carboxylic acids is 2. The highest BCUT2D eigenvalue weighted by molar-refractivity contribution is 5.92. The molecule has 1 aromatic carbocycles. The van der Waals surface area contributed by atoms with Crippen LogP contribution in [-0.2, 0) is 9.47 Å². The molecule has 21 heavy (non-hydrogen) atoms. The molecule has 0 fully saturated rings. The van der Waals surface area contributed by atoms with Crippen LogP contribution >= 0.6 is 0 Å². The van der Waals surface area contributed by atoms with Crippen LogP contribution in [0.15, 0.2) is 24.3 Å². The van der Waals surface area contributed by atoms with Crippen molar-refractivity contribution < 1.29 is 19.1 Å². The minimum absolute atomic E-state index is 0.0473. The number of aromatic nitrogens is 3. The lowest BCUT2D eigenvalue weighted by molar-refractivity contribution is 0.0519. The van der Waals surface area contributed by atoms with Gasteiger partial charge in [0.25, 0.3) is 0 Å². The number of hydrogen-bond donors (Lipinski definition) is 1. The van der Waals surface area contributed by atoms with E-state index >= 15 is 0 Å². The molecule has 0 saturated carbocycles. The minimum atomic E-state index is -0.632. The van der Waals surface area contributed by atoms with Gasteiger partial charge in [-0.25, -0.2) is 9.59 Å². The van der Waals surface area contributed by atoms with Gasteiger partial charge in [0.2, 0.25) is 5.69 Å². The van der Waals surface area contributed by atoms with E-state index in [1.807, 2.05) is 0 Å². The van der Waals surface area contributed by atoms with Crippen molar-refractivity contribution in [1.29, 1.82) is 0 Å². The Morgan fingerprint density at radius 2 is 1.90 bits per heavy atom. The molecular weight excluding hydrogens is 276 g/mol. The van der Waals surface area contributed by atoms with Crippen LogP contribution in [0.2, 0.25) is 0 Å². The fourth-order valence-corrected chi connectivity index (χ4v) is 1.68. The summed E-state index contributed by atoms with van der Waals surface area (Å²) in [6, 6.07) is 6.36. The fraction of sp³-hybridized carbons (Fsp3) is 0.231. The zero-order valence-corrected chi connectivity index (χ0v) is 11.6. The zero-order chi connectivity index (χ0) is 15.4. The predicted molar refractivity (Wildman–Crippen MR) is 73.1 cm³/mol. The van der Waals surface area contributed by atoms with E-state index in [0.29, 0.717) is 11.3 Å². The van der Waals surface area contributed by atoms with Crippen LogP contribution < -0.4 is 5.73 Å². The molecule has 0 aliphatic rings.